The summed E-state index contributed by atoms with van der Waals surface area (Å²) in [6.45, 7) is 1.87. The zero-order valence-corrected chi connectivity index (χ0v) is 12.7. The van der Waals surface area contributed by atoms with E-state index >= 15 is 0 Å². The molecule has 1 aromatic heterocycles. The zero-order valence-electron chi connectivity index (χ0n) is 12.7. The minimum atomic E-state index is -0.333. The topological polar surface area (TPSA) is 63.8 Å². The lowest BCUT2D eigenvalue weighted by molar-refractivity contribution is -0.123. The van der Waals surface area contributed by atoms with Crippen molar-refractivity contribution in [2.45, 2.75) is 6.92 Å². The number of amides is 1. The van der Waals surface area contributed by atoms with Crippen molar-refractivity contribution in [3.05, 3.63) is 66.1 Å². The first-order chi connectivity index (χ1) is 11.2. The van der Waals surface area contributed by atoms with Crippen LogP contribution in [-0.2, 0) is 4.79 Å². The molecular formula is C18H16N2O3. The molecule has 3 rings (SSSR count). The van der Waals surface area contributed by atoms with Crippen molar-refractivity contribution < 1.29 is 13.9 Å². The summed E-state index contributed by atoms with van der Waals surface area (Å²) in [6.07, 6.45) is 2.97. The van der Waals surface area contributed by atoms with Crippen molar-refractivity contribution in [1.29, 1.82) is 0 Å². The van der Waals surface area contributed by atoms with Gasteiger partial charge in [0.15, 0.2) is 6.61 Å². The molecule has 0 bridgehead atoms. The number of hydrogen-bond acceptors (Lipinski definition) is 4. The first kappa shape index (κ1) is 14.8. The fourth-order valence-corrected chi connectivity index (χ4v) is 2.27. The quantitative estimate of drug-likeness (QED) is 0.581. The normalized spacial score (nSPS) is 11.0. The van der Waals surface area contributed by atoms with Gasteiger partial charge in [-0.2, -0.15) is 5.10 Å². The Morgan fingerprint density at radius 1 is 1.22 bits per heavy atom. The van der Waals surface area contributed by atoms with Crippen LogP contribution in [0.3, 0.4) is 0 Å². The molecule has 0 fully saturated rings. The summed E-state index contributed by atoms with van der Waals surface area (Å²) in [6, 6.07) is 15.4. The number of ether oxygens (including phenoxy) is 1. The number of fused-ring (bicyclic) bond motifs is 1. The van der Waals surface area contributed by atoms with Gasteiger partial charge in [-0.1, -0.05) is 30.3 Å². The zero-order chi connectivity index (χ0) is 16.1. The molecule has 5 heteroatoms. The SMILES string of the molecule is Cc1c(OCC(=O)N/N=C/c2ccco2)ccc2ccccc12. The maximum absolute atomic E-state index is 11.7. The molecule has 0 aliphatic rings. The lowest BCUT2D eigenvalue weighted by Crippen LogP contribution is -2.24. The van der Waals surface area contributed by atoms with Crippen LogP contribution in [-0.4, -0.2) is 18.7 Å². The Morgan fingerprint density at radius 2 is 2.09 bits per heavy atom. The van der Waals surface area contributed by atoms with Crippen LogP contribution in [0, 0.1) is 6.92 Å². The van der Waals surface area contributed by atoms with E-state index in [9.17, 15) is 4.79 Å². The minimum Gasteiger partial charge on any atom is -0.483 e. The maximum atomic E-state index is 11.7. The fourth-order valence-electron chi connectivity index (χ4n) is 2.27. The Bertz CT molecular complexity index is 839. The number of rotatable bonds is 5. The van der Waals surface area contributed by atoms with Crippen LogP contribution in [0.2, 0.25) is 0 Å². The third-order valence-electron chi connectivity index (χ3n) is 3.43. The molecule has 1 heterocycles. The van der Waals surface area contributed by atoms with Crippen molar-refractivity contribution >= 4 is 22.9 Å². The highest BCUT2D eigenvalue weighted by atomic mass is 16.5. The van der Waals surface area contributed by atoms with E-state index in [1.165, 1.54) is 12.5 Å². The van der Waals surface area contributed by atoms with E-state index in [1.54, 1.807) is 12.1 Å². The second-order valence-electron chi connectivity index (χ2n) is 5.01. The van der Waals surface area contributed by atoms with Gasteiger partial charge in [0.1, 0.15) is 11.5 Å². The monoisotopic (exact) mass is 308 g/mol. The van der Waals surface area contributed by atoms with E-state index in [2.05, 4.69) is 10.5 Å². The minimum absolute atomic E-state index is 0.103. The number of hydrogen-bond donors (Lipinski definition) is 1. The van der Waals surface area contributed by atoms with Crippen molar-refractivity contribution in [1.82, 2.24) is 5.43 Å². The number of nitrogens with zero attached hydrogens (tertiary/aromatic N) is 1. The molecule has 1 amide bonds. The molecule has 0 unspecified atom stereocenters. The van der Waals surface area contributed by atoms with Crippen molar-refractivity contribution in [3.8, 4) is 5.75 Å². The van der Waals surface area contributed by atoms with Crippen LogP contribution < -0.4 is 10.2 Å². The summed E-state index contributed by atoms with van der Waals surface area (Å²) in [7, 11) is 0. The van der Waals surface area contributed by atoms with E-state index in [-0.39, 0.29) is 12.5 Å². The van der Waals surface area contributed by atoms with Crippen molar-refractivity contribution in [2.75, 3.05) is 6.61 Å². The lowest BCUT2D eigenvalue weighted by atomic mass is 10.0. The van der Waals surface area contributed by atoms with Crippen LogP contribution in [0.1, 0.15) is 11.3 Å². The number of hydrazone groups is 1. The van der Waals surface area contributed by atoms with Gasteiger partial charge in [-0.3, -0.25) is 4.79 Å². The fraction of sp³-hybridized carbons (Fsp3) is 0.111. The van der Waals surface area contributed by atoms with Crippen molar-refractivity contribution in [3.63, 3.8) is 0 Å². The largest absolute Gasteiger partial charge is 0.483 e. The summed E-state index contributed by atoms with van der Waals surface area (Å²) in [4.78, 5) is 11.7. The van der Waals surface area contributed by atoms with Crippen LogP contribution >= 0.6 is 0 Å². The Labute approximate surface area is 133 Å². The number of carbonyl (C=O) groups excluding carboxylic acids is 1. The molecular weight excluding hydrogens is 292 g/mol. The molecule has 0 aliphatic carbocycles. The molecule has 116 valence electrons. The van der Waals surface area contributed by atoms with Crippen molar-refractivity contribution in [2.24, 2.45) is 5.10 Å². The molecule has 3 aromatic rings. The summed E-state index contributed by atoms with van der Waals surface area (Å²) in [5.74, 6) is 0.922. The average molecular weight is 308 g/mol. The van der Waals surface area contributed by atoms with Crippen LogP contribution in [0.5, 0.6) is 5.75 Å². The second-order valence-corrected chi connectivity index (χ2v) is 5.01. The number of nitrogens with one attached hydrogen (secondary N) is 1. The first-order valence-corrected chi connectivity index (χ1v) is 7.20. The predicted molar refractivity (Wildman–Crippen MR) is 88.6 cm³/mol. The molecule has 0 saturated heterocycles. The number of aryl methyl sites for hydroxylation is 1. The lowest BCUT2D eigenvalue weighted by Gasteiger charge is -2.10. The molecule has 0 atom stereocenters. The first-order valence-electron chi connectivity index (χ1n) is 7.20. The van der Waals surface area contributed by atoms with Gasteiger partial charge in [0.25, 0.3) is 5.91 Å². The van der Waals surface area contributed by atoms with Gasteiger partial charge in [0, 0.05) is 0 Å². The van der Waals surface area contributed by atoms with Gasteiger partial charge < -0.3 is 9.15 Å². The number of furan rings is 1. The van der Waals surface area contributed by atoms with Crippen LogP contribution in [0.4, 0.5) is 0 Å². The molecule has 0 spiro atoms. The second kappa shape index (κ2) is 6.79. The highest BCUT2D eigenvalue weighted by Crippen LogP contribution is 2.26. The van der Waals surface area contributed by atoms with Gasteiger partial charge in [0.2, 0.25) is 0 Å². The van der Waals surface area contributed by atoms with E-state index < -0.39 is 0 Å². The standard InChI is InChI=1S/C18H16N2O3/c1-13-16-7-3-2-5-14(16)8-9-17(13)23-12-18(21)20-19-11-15-6-4-10-22-15/h2-11H,12H2,1H3,(H,20,21)/b19-11+. The third-order valence-corrected chi connectivity index (χ3v) is 3.43. The number of benzene rings is 2. The van der Waals surface area contributed by atoms with Gasteiger partial charge in [-0.05, 0) is 41.5 Å². The molecule has 5 nitrogen and oxygen atoms in total. The summed E-state index contributed by atoms with van der Waals surface area (Å²) in [5, 5.41) is 6.06. The Hall–Kier alpha value is -3.08. The average Bonchev–Trinajstić information content (AvgIpc) is 3.08. The van der Waals surface area contributed by atoms with Gasteiger partial charge in [0.05, 0.1) is 12.5 Å². The molecule has 23 heavy (non-hydrogen) atoms. The third kappa shape index (κ3) is 3.58. The highest BCUT2D eigenvalue weighted by Gasteiger charge is 2.06. The molecule has 0 aliphatic heterocycles. The Kier molecular flexibility index (Phi) is 4.38. The maximum Gasteiger partial charge on any atom is 0.277 e. The predicted octanol–water partition coefficient (Wildman–Crippen LogP) is 3.27. The van der Waals surface area contributed by atoms with E-state index in [1.807, 2.05) is 43.3 Å². The summed E-state index contributed by atoms with van der Waals surface area (Å²) in [5.41, 5.74) is 3.40. The summed E-state index contributed by atoms with van der Waals surface area (Å²) >= 11 is 0. The smallest absolute Gasteiger partial charge is 0.277 e. The van der Waals surface area contributed by atoms with Crippen LogP contribution in [0.15, 0.2) is 64.3 Å². The van der Waals surface area contributed by atoms with Gasteiger partial charge in [-0.25, -0.2) is 5.43 Å². The van der Waals surface area contributed by atoms with Gasteiger partial charge in [-0.15, -0.1) is 0 Å². The number of carbonyl (C=O) groups is 1. The van der Waals surface area contributed by atoms with E-state index in [0.717, 1.165) is 16.3 Å². The van der Waals surface area contributed by atoms with E-state index in [0.29, 0.717) is 11.5 Å². The van der Waals surface area contributed by atoms with Gasteiger partial charge >= 0.3 is 0 Å². The highest BCUT2D eigenvalue weighted by molar-refractivity contribution is 5.87. The summed E-state index contributed by atoms with van der Waals surface area (Å²) < 4.78 is 10.7. The van der Waals surface area contributed by atoms with Crippen LogP contribution in [0.25, 0.3) is 10.8 Å². The molecule has 2 aromatic carbocycles. The molecule has 0 radical (unpaired) electrons. The Morgan fingerprint density at radius 3 is 2.91 bits per heavy atom. The molecule has 1 N–H and O–H groups in total. The Balaban J connectivity index is 1.59. The molecule has 0 saturated carbocycles. The van der Waals surface area contributed by atoms with E-state index in [4.69, 9.17) is 9.15 Å².